The summed E-state index contributed by atoms with van der Waals surface area (Å²) >= 11 is 0. The molecule has 5 heteroatoms. The van der Waals surface area contributed by atoms with Gasteiger partial charge in [0.15, 0.2) is 0 Å². The second kappa shape index (κ2) is 5.25. The maximum atomic E-state index is 11.8. The Hall–Kier alpha value is -1.88. The van der Waals surface area contributed by atoms with Gasteiger partial charge in [-0.1, -0.05) is 12.1 Å². The molecule has 0 aliphatic carbocycles. The van der Waals surface area contributed by atoms with Gasteiger partial charge >= 0.3 is 5.97 Å². The van der Waals surface area contributed by atoms with Crippen molar-refractivity contribution in [3.8, 4) is 0 Å². The summed E-state index contributed by atoms with van der Waals surface area (Å²) in [5.74, 6) is -0.0708. The van der Waals surface area contributed by atoms with Gasteiger partial charge in [0.2, 0.25) is 5.91 Å². The van der Waals surface area contributed by atoms with Crippen molar-refractivity contribution >= 4 is 11.9 Å². The predicted octanol–water partition coefficient (Wildman–Crippen LogP) is 1.11. The number of esters is 1. The molecule has 106 valence electrons. The minimum Gasteiger partial charge on any atom is -0.465 e. The highest BCUT2D eigenvalue weighted by Gasteiger charge is 2.39. The van der Waals surface area contributed by atoms with Crippen LogP contribution in [0.15, 0.2) is 24.3 Å². The minimum absolute atomic E-state index is 0.155. The molecular weight excluding hydrogens is 256 g/mol. The molecule has 0 spiro atoms. The number of nitrogens with one attached hydrogen (secondary N) is 1. The summed E-state index contributed by atoms with van der Waals surface area (Å²) in [4.78, 5) is 25.2. The highest BCUT2D eigenvalue weighted by atomic mass is 16.5. The lowest BCUT2D eigenvalue weighted by molar-refractivity contribution is -0.130. The van der Waals surface area contributed by atoms with Crippen LogP contribution < -0.4 is 5.32 Å². The van der Waals surface area contributed by atoms with Crippen LogP contribution in [0.25, 0.3) is 0 Å². The van der Waals surface area contributed by atoms with E-state index in [9.17, 15) is 9.59 Å². The Morgan fingerprint density at radius 1 is 1.35 bits per heavy atom. The molecular formula is C15H18N2O3. The largest absolute Gasteiger partial charge is 0.465 e. The maximum Gasteiger partial charge on any atom is 0.337 e. The smallest absolute Gasteiger partial charge is 0.337 e. The molecule has 0 radical (unpaired) electrons. The zero-order valence-corrected chi connectivity index (χ0v) is 11.5. The van der Waals surface area contributed by atoms with Gasteiger partial charge in [0.05, 0.1) is 24.8 Å². The van der Waals surface area contributed by atoms with Gasteiger partial charge in [-0.2, -0.15) is 0 Å². The lowest BCUT2D eigenvalue weighted by Crippen LogP contribution is -2.51. The van der Waals surface area contributed by atoms with Crippen LogP contribution in [-0.4, -0.2) is 43.0 Å². The van der Waals surface area contributed by atoms with Gasteiger partial charge < -0.3 is 15.0 Å². The van der Waals surface area contributed by atoms with E-state index in [4.69, 9.17) is 4.74 Å². The van der Waals surface area contributed by atoms with E-state index in [1.54, 1.807) is 12.1 Å². The SMILES string of the molecule is COC(=O)c1ccc(C2NCCN3C(=O)CCC23)cc1. The third-order valence-electron chi connectivity index (χ3n) is 4.17. The lowest BCUT2D eigenvalue weighted by atomic mass is 9.95. The van der Waals surface area contributed by atoms with Crippen molar-refractivity contribution in [2.24, 2.45) is 0 Å². The fourth-order valence-corrected chi connectivity index (χ4v) is 3.15. The van der Waals surface area contributed by atoms with Crippen LogP contribution in [-0.2, 0) is 9.53 Å². The van der Waals surface area contributed by atoms with Gasteiger partial charge in [0, 0.05) is 19.5 Å². The van der Waals surface area contributed by atoms with Crippen molar-refractivity contribution in [2.75, 3.05) is 20.2 Å². The molecule has 2 saturated heterocycles. The summed E-state index contributed by atoms with van der Waals surface area (Å²) in [6.45, 7) is 1.60. The fourth-order valence-electron chi connectivity index (χ4n) is 3.15. The van der Waals surface area contributed by atoms with E-state index >= 15 is 0 Å². The number of carbonyl (C=O) groups is 2. The van der Waals surface area contributed by atoms with Crippen LogP contribution in [0.3, 0.4) is 0 Å². The molecule has 2 aliphatic rings. The Kier molecular flexibility index (Phi) is 3.44. The minimum atomic E-state index is -0.328. The molecule has 2 unspecified atom stereocenters. The Morgan fingerprint density at radius 2 is 2.10 bits per heavy atom. The number of carbonyl (C=O) groups excluding carboxylic acids is 2. The third kappa shape index (κ3) is 2.18. The predicted molar refractivity (Wildman–Crippen MR) is 73.3 cm³/mol. The monoisotopic (exact) mass is 274 g/mol. The summed E-state index contributed by atoms with van der Waals surface area (Å²) < 4.78 is 4.70. The third-order valence-corrected chi connectivity index (χ3v) is 4.17. The number of fused-ring (bicyclic) bond motifs is 1. The lowest BCUT2D eigenvalue weighted by Gasteiger charge is -2.38. The van der Waals surface area contributed by atoms with E-state index < -0.39 is 0 Å². The molecule has 2 fully saturated rings. The molecule has 1 N–H and O–H groups in total. The molecule has 2 heterocycles. The number of amides is 1. The topological polar surface area (TPSA) is 58.6 Å². The van der Waals surface area contributed by atoms with Crippen molar-refractivity contribution in [1.29, 1.82) is 0 Å². The number of piperazine rings is 1. The first-order valence-electron chi connectivity index (χ1n) is 6.92. The van der Waals surface area contributed by atoms with Crippen LogP contribution in [0.1, 0.15) is 34.8 Å². The molecule has 20 heavy (non-hydrogen) atoms. The first kappa shape index (κ1) is 13.1. The molecule has 2 atom stereocenters. The van der Waals surface area contributed by atoms with E-state index in [2.05, 4.69) is 5.32 Å². The van der Waals surface area contributed by atoms with Gasteiger partial charge in [0.1, 0.15) is 0 Å². The van der Waals surface area contributed by atoms with Crippen molar-refractivity contribution in [3.05, 3.63) is 35.4 Å². The molecule has 3 rings (SSSR count). The first-order chi connectivity index (χ1) is 9.70. The Balaban J connectivity index is 1.81. The molecule has 1 aromatic rings. The van der Waals surface area contributed by atoms with Crippen LogP contribution >= 0.6 is 0 Å². The number of rotatable bonds is 2. The van der Waals surface area contributed by atoms with E-state index in [1.165, 1.54) is 7.11 Å². The number of nitrogens with zero attached hydrogens (tertiary/aromatic N) is 1. The Labute approximate surface area is 117 Å². The quantitative estimate of drug-likeness (QED) is 0.821. The number of ether oxygens (including phenoxy) is 1. The van der Waals surface area contributed by atoms with Gasteiger partial charge in [-0.25, -0.2) is 4.79 Å². The number of hydrogen-bond donors (Lipinski definition) is 1. The highest BCUT2D eigenvalue weighted by molar-refractivity contribution is 5.89. The van der Waals surface area contributed by atoms with Crippen LogP contribution in [0.2, 0.25) is 0 Å². The molecule has 1 aromatic carbocycles. The molecule has 0 saturated carbocycles. The first-order valence-corrected chi connectivity index (χ1v) is 6.92. The van der Waals surface area contributed by atoms with E-state index in [0.29, 0.717) is 12.0 Å². The second-order valence-electron chi connectivity index (χ2n) is 5.24. The van der Waals surface area contributed by atoms with Crippen molar-refractivity contribution in [3.63, 3.8) is 0 Å². The Bertz CT molecular complexity index is 526. The van der Waals surface area contributed by atoms with Crippen LogP contribution in [0.4, 0.5) is 0 Å². The molecule has 2 aliphatic heterocycles. The average molecular weight is 274 g/mol. The van der Waals surface area contributed by atoms with Crippen molar-refractivity contribution < 1.29 is 14.3 Å². The zero-order valence-electron chi connectivity index (χ0n) is 11.5. The summed E-state index contributed by atoms with van der Waals surface area (Å²) in [5, 5.41) is 3.48. The van der Waals surface area contributed by atoms with Gasteiger partial charge in [0.25, 0.3) is 0 Å². The normalized spacial score (nSPS) is 25.4. The van der Waals surface area contributed by atoms with Gasteiger partial charge in [-0.3, -0.25) is 4.79 Å². The number of methoxy groups -OCH3 is 1. The van der Waals surface area contributed by atoms with E-state index in [-0.39, 0.29) is 24.0 Å². The standard InChI is InChI=1S/C15H18N2O3/c1-20-15(19)11-4-2-10(3-5-11)14-12-6-7-13(18)17(12)9-8-16-14/h2-5,12,14,16H,6-9H2,1H3. The maximum absolute atomic E-state index is 11.8. The highest BCUT2D eigenvalue weighted by Crippen LogP contribution is 2.32. The number of benzene rings is 1. The van der Waals surface area contributed by atoms with E-state index in [1.807, 2.05) is 17.0 Å². The van der Waals surface area contributed by atoms with Crippen molar-refractivity contribution in [2.45, 2.75) is 24.9 Å². The zero-order chi connectivity index (χ0) is 14.1. The molecule has 1 amide bonds. The second-order valence-corrected chi connectivity index (χ2v) is 5.24. The fraction of sp³-hybridized carbons (Fsp3) is 0.467. The number of hydrogen-bond acceptors (Lipinski definition) is 4. The molecule has 0 aromatic heterocycles. The summed E-state index contributed by atoms with van der Waals surface area (Å²) in [6, 6.07) is 7.82. The Morgan fingerprint density at radius 3 is 2.80 bits per heavy atom. The molecule has 5 nitrogen and oxygen atoms in total. The summed E-state index contributed by atoms with van der Waals surface area (Å²) in [7, 11) is 1.38. The van der Waals surface area contributed by atoms with Crippen LogP contribution in [0.5, 0.6) is 0 Å². The van der Waals surface area contributed by atoms with Gasteiger partial charge in [-0.05, 0) is 24.1 Å². The van der Waals surface area contributed by atoms with E-state index in [0.717, 1.165) is 25.1 Å². The molecule has 0 bridgehead atoms. The summed E-state index contributed by atoms with van der Waals surface area (Å²) in [6.07, 6.45) is 1.54. The van der Waals surface area contributed by atoms with Gasteiger partial charge in [-0.15, -0.1) is 0 Å². The summed E-state index contributed by atoms with van der Waals surface area (Å²) in [5.41, 5.74) is 1.66. The average Bonchev–Trinajstić information content (AvgIpc) is 2.88. The van der Waals surface area contributed by atoms with Crippen LogP contribution in [0, 0.1) is 0 Å². The van der Waals surface area contributed by atoms with Crippen molar-refractivity contribution in [1.82, 2.24) is 10.2 Å².